The lowest BCUT2D eigenvalue weighted by atomic mass is 9.80. The quantitative estimate of drug-likeness (QED) is 0.619. The molecule has 4 nitrogen and oxygen atoms in total. The van der Waals surface area contributed by atoms with Crippen LogP contribution in [0.1, 0.15) is 66.7 Å². The SMILES string of the molecule is CC(C[C@H](C)CC1OCCCCC1O)C(=O)C(=CCO)C(C)C(C)C. The first-order valence-electron chi connectivity index (χ1n) is 9.92. The van der Waals surface area contributed by atoms with Gasteiger partial charge in [0.2, 0.25) is 0 Å². The third-order valence-corrected chi connectivity index (χ3v) is 5.58. The van der Waals surface area contributed by atoms with E-state index < -0.39 is 0 Å². The predicted octanol–water partition coefficient (Wildman–Crippen LogP) is 3.75. The van der Waals surface area contributed by atoms with E-state index in [4.69, 9.17) is 4.74 Å². The Morgan fingerprint density at radius 3 is 2.48 bits per heavy atom. The molecule has 146 valence electrons. The fourth-order valence-electron chi connectivity index (χ4n) is 3.67. The molecule has 1 saturated heterocycles. The van der Waals surface area contributed by atoms with Crippen LogP contribution in [0.4, 0.5) is 0 Å². The van der Waals surface area contributed by atoms with E-state index in [1.807, 2.05) is 6.92 Å². The topological polar surface area (TPSA) is 66.8 Å². The molecule has 1 aliphatic heterocycles. The molecule has 4 heteroatoms. The van der Waals surface area contributed by atoms with Crippen LogP contribution < -0.4 is 0 Å². The van der Waals surface area contributed by atoms with Gasteiger partial charge in [0, 0.05) is 12.5 Å². The van der Waals surface area contributed by atoms with E-state index in [1.54, 1.807) is 6.08 Å². The van der Waals surface area contributed by atoms with Gasteiger partial charge in [-0.15, -0.1) is 0 Å². The van der Waals surface area contributed by atoms with Crippen molar-refractivity contribution in [3.05, 3.63) is 11.6 Å². The number of rotatable bonds is 9. The van der Waals surface area contributed by atoms with Gasteiger partial charge in [-0.05, 0) is 55.4 Å². The molecule has 25 heavy (non-hydrogen) atoms. The second-order valence-corrected chi connectivity index (χ2v) is 8.19. The fourth-order valence-corrected chi connectivity index (χ4v) is 3.67. The molecule has 0 aliphatic carbocycles. The summed E-state index contributed by atoms with van der Waals surface area (Å²) in [4.78, 5) is 12.9. The Hall–Kier alpha value is -0.710. The minimum absolute atomic E-state index is 0.0862. The van der Waals surface area contributed by atoms with Gasteiger partial charge in [-0.2, -0.15) is 0 Å². The van der Waals surface area contributed by atoms with Gasteiger partial charge in [-0.25, -0.2) is 0 Å². The summed E-state index contributed by atoms with van der Waals surface area (Å²) in [6.07, 6.45) is 5.58. The lowest BCUT2D eigenvalue weighted by Gasteiger charge is -2.26. The maximum absolute atomic E-state index is 12.9. The third-order valence-electron chi connectivity index (χ3n) is 5.58. The summed E-state index contributed by atoms with van der Waals surface area (Å²) in [7, 11) is 0. The average Bonchev–Trinajstić information content (AvgIpc) is 2.75. The number of aliphatic hydroxyl groups is 2. The molecule has 2 N–H and O–H groups in total. The van der Waals surface area contributed by atoms with E-state index in [9.17, 15) is 15.0 Å². The van der Waals surface area contributed by atoms with Crippen LogP contribution in [0.2, 0.25) is 0 Å². The first-order chi connectivity index (χ1) is 11.8. The summed E-state index contributed by atoms with van der Waals surface area (Å²) >= 11 is 0. The van der Waals surface area contributed by atoms with Crippen LogP contribution >= 0.6 is 0 Å². The van der Waals surface area contributed by atoms with Crippen LogP contribution in [-0.4, -0.2) is 41.4 Å². The molecule has 0 aromatic carbocycles. The highest BCUT2D eigenvalue weighted by Crippen LogP contribution is 2.28. The van der Waals surface area contributed by atoms with E-state index in [0.717, 1.165) is 44.3 Å². The van der Waals surface area contributed by atoms with Gasteiger partial charge >= 0.3 is 0 Å². The summed E-state index contributed by atoms with van der Waals surface area (Å²) < 4.78 is 5.80. The zero-order chi connectivity index (χ0) is 19.0. The molecule has 5 atom stereocenters. The fraction of sp³-hybridized carbons (Fsp3) is 0.857. The molecule has 4 unspecified atom stereocenters. The molecule has 0 aromatic rings. The molecule has 0 amide bonds. The number of Topliss-reactive ketones (excluding diaryl/α,β-unsaturated/α-hetero) is 1. The van der Waals surface area contributed by atoms with Gasteiger partial charge in [0.05, 0.1) is 18.8 Å². The first kappa shape index (κ1) is 22.3. The minimum Gasteiger partial charge on any atom is -0.392 e. The lowest BCUT2D eigenvalue weighted by molar-refractivity contribution is -0.120. The van der Waals surface area contributed by atoms with E-state index in [0.29, 0.717) is 11.8 Å². The predicted molar refractivity (Wildman–Crippen MR) is 101 cm³/mol. The van der Waals surface area contributed by atoms with Crippen LogP contribution in [0.5, 0.6) is 0 Å². The van der Waals surface area contributed by atoms with Crippen molar-refractivity contribution in [3.8, 4) is 0 Å². The molecule has 0 aromatic heterocycles. The largest absolute Gasteiger partial charge is 0.392 e. The van der Waals surface area contributed by atoms with Crippen molar-refractivity contribution in [2.75, 3.05) is 13.2 Å². The molecule has 1 fully saturated rings. The van der Waals surface area contributed by atoms with E-state index in [1.165, 1.54) is 0 Å². The van der Waals surface area contributed by atoms with Gasteiger partial charge in [0.1, 0.15) is 0 Å². The molecule has 1 heterocycles. The van der Waals surface area contributed by atoms with Crippen LogP contribution in [0.15, 0.2) is 11.6 Å². The lowest BCUT2D eigenvalue weighted by Crippen LogP contribution is -2.30. The molecule has 1 rings (SSSR count). The number of hydrogen-bond donors (Lipinski definition) is 2. The highest BCUT2D eigenvalue weighted by Gasteiger charge is 2.28. The van der Waals surface area contributed by atoms with E-state index >= 15 is 0 Å². The van der Waals surface area contributed by atoms with Gasteiger partial charge in [0.15, 0.2) is 5.78 Å². The summed E-state index contributed by atoms with van der Waals surface area (Å²) in [5.41, 5.74) is 0.753. The van der Waals surface area contributed by atoms with Crippen molar-refractivity contribution in [2.24, 2.45) is 23.7 Å². The Labute approximate surface area is 153 Å². The van der Waals surface area contributed by atoms with Crippen LogP contribution in [0.25, 0.3) is 0 Å². The van der Waals surface area contributed by atoms with Gasteiger partial charge < -0.3 is 14.9 Å². The average molecular weight is 355 g/mol. The smallest absolute Gasteiger partial charge is 0.161 e. The second-order valence-electron chi connectivity index (χ2n) is 8.19. The standard InChI is InChI=1S/C21H38O4/c1-14(2)17(5)18(9-10-22)21(24)16(4)12-15(3)13-20-19(23)8-6-7-11-25-20/h9,14-17,19-20,22-23H,6-8,10-13H2,1-5H3/t15-,16?,17?,19?,20?/m0/s1. The highest BCUT2D eigenvalue weighted by molar-refractivity contribution is 5.97. The summed E-state index contributed by atoms with van der Waals surface area (Å²) in [6.45, 7) is 11.0. The van der Waals surface area contributed by atoms with Crippen molar-refractivity contribution < 1.29 is 19.7 Å². The number of allylic oxidation sites excluding steroid dienone is 1. The molecular weight excluding hydrogens is 316 g/mol. The monoisotopic (exact) mass is 354 g/mol. The van der Waals surface area contributed by atoms with E-state index in [-0.39, 0.29) is 36.4 Å². The maximum atomic E-state index is 12.9. The Morgan fingerprint density at radius 2 is 1.88 bits per heavy atom. The van der Waals surface area contributed by atoms with Crippen molar-refractivity contribution >= 4 is 5.78 Å². The number of carbonyl (C=O) groups is 1. The van der Waals surface area contributed by atoms with Crippen molar-refractivity contribution in [1.82, 2.24) is 0 Å². The number of ketones is 1. The maximum Gasteiger partial charge on any atom is 0.161 e. The summed E-state index contributed by atoms with van der Waals surface area (Å²) in [5.74, 6) is 0.869. The summed E-state index contributed by atoms with van der Waals surface area (Å²) in [6, 6.07) is 0. The zero-order valence-corrected chi connectivity index (χ0v) is 16.7. The Morgan fingerprint density at radius 1 is 1.20 bits per heavy atom. The van der Waals surface area contributed by atoms with E-state index in [2.05, 4.69) is 27.7 Å². The van der Waals surface area contributed by atoms with Crippen molar-refractivity contribution in [1.29, 1.82) is 0 Å². The third kappa shape index (κ3) is 7.20. The minimum atomic E-state index is -0.387. The molecule has 1 aliphatic rings. The van der Waals surface area contributed by atoms with Crippen LogP contribution in [-0.2, 0) is 9.53 Å². The number of aliphatic hydroxyl groups excluding tert-OH is 2. The zero-order valence-electron chi connectivity index (χ0n) is 16.7. The number of ether oxygens (including phenoxy) is 1. The van der Waals surface area contributed by atoms with Gasteiger partial charge in [-0.3, -0.25) is 4.79 Å². The molecule has 0 spiro atoms. The Balaban J connectivity index is 2.64. The van der Waals surface area contributed by atoms with Gasteiger partial charge in [0.25, 0.3) is 0 Å². The number of carbonyl (C=O) groups excluding carboxylic acids is 1. The van der Waals surface area contributed by atoms with Crippen LogP contribution in [0, 0.1) is 23.7 Å². The molecule has 0 radical (unpaired) electrons. The highest BCUT2D eigenvalue weighted by atomic mass is 16.5. The van der Waals surface area contributed by atoms with Crippen LogP contribution in [0.3, 0.4) is 0 Å². The second kappa shape index (κ2) is 11.1. The first-order valence-corrected chi connectivity index (χ1v) is 9.92. The molecular formula is C21H38O4. The van der Waals surface area contributed by atoms with Crippen molar-refractivity contribution in [2.45, 2.75) is 78.9 Å². The molecule has 0 bridgehead atoms. The summed E-state index contributed by atoms with van der Waals surface area (Å²) in [5, 5.41) is 19.5. The Kier molecular flexibility index (Phi) is 9.91. The molecule has 0 saturated carbocycles. The Bertz CT molecular complexity index is 430. The van der Waals surface area contributed by atoms with Gasteiger partial charge in [-0.1, -0.05) is 40.7 Å². The number of hydrogen-bond acceptors (Lipinski definition) is 4. The normalized spacial score (nSPS) is 26.2. The van der Waals surface area contributed by atoms with Crippen molar-refractivity contribution in [3.63, 3.8) is 0 Å².